The van der Waals surface area contributed by atoms with E-state index in [9.17, 15) is 0 Å². The van der Waals surface area contributed by atoms with Gasteiger partial charge >= 0.3 is 0 Å². The molecule has 3 heteroatoms. The Morgan fingerprint density at radius 3 is 2.64 bits per heavy atom. The van der Waals surface area contributed by atoms with Gasteiger partial charge in [-0.05, 0) is 19.7 Å². The molecular weight excluding hydrogens is 156 g/mol. The van der Waals surface area contributed by atoms with Crippen LogP contribution in [-0.4, -0.2) is 43.1 Å². The summed E-state index contributed by atoms with van der Waals surface area (Å²) in [5.41, 5.74) is 5.80. The topological polar surface area (TPSA) is 29.3 Å². The fourth-order valence-corrected chi connectivity index (χ4v) is 1.36. The maximum absolute atomic E-state index is 5.80. The van der Waals surface area contributed by atoms with E-state index in [1.807, 2.05) is 11.8 Å². The van der Waals surface area contributed by atoms with Crippen molar-refractivity contribution in [2.45, 2.75) is 19.4 Å². The Kier molecular flexibility index (Phi) is 7.12. The summed E-state index contributed by atoms with van der Waals surface area (Å²) in [6.07, 6.45) is 3.21. The number of nitrogens with two attached hydrogens (primary N) is 1. The lowest BCUT2D eigenvalue weighted by atomic mass is 10.2. The first-order valence-corrected chi connectivity index (χ1v) is 5.53. The quantitative estimate of drug-likeness (QED) is 0.655. The van der Waals surface area contributed by atoms with Crippen LogP contribution in [0.5, 0.6) is 0 Å². The molecule has 0 aliphatic rings. The molecular formula is C8H20N2S. The average molecular weight is 176 g/mol. The molecule has 0 aromatic carbocycles. The van der Waals surface area contributed by atoms with Crippen molar-refractivity contribution in [3.05, 3.63) is 0 Å². The van der Waals surface area contributed by atoms with Crippen LogP contribution in [0.25, 0.3) is 0 Å². The zero-order valence-corrected chi connectivity index (χ0v) is 8.66. The summed E-state index contributed by atoms with van der Waals surface area (Å²) in [5.74, 6) is 1.20. The lowest BCUT2D eigenvalue weighted by Crippen LogP contribution is -2.35. The van der Waals surface area contributed by atoms with Crippen molar-refractivity contribution < 1.29 is 0 Å². The van der Waals surface area contributed by atoms with Crippen LogP contribution in [0.2, 0.25) is 0 Å². The number of rotatable bonds is 6. The third-order valence-electron chi connectivity index (χ3n) is 1.75. The van der Waals surface area contributed by atoms with Crippen LogP contribution in [0.15, 0.2) is 0 Å². The van der Waals surface area contributed by atoms with E-state index < -0.39 is 0 Å². The monoisotopic (exact) mass is 176 g/mol. The molecule has 0 aliphatic carbocycles. The van der Waals surface area contributed by atoms with Crippen LogP contribution < -0.4 is 5.73 Å². The van der Waals surface area contributed by atoms with E-state index in [2.05, 4.69) is 25.1 Å². The van der Waals surface area contributed by atoms with E-state index in [0.717, 1.165) is 19.5 Å². The average Bonchev–Trinajstić information content (AvgIpc) is 2.00. The van der Waals surface area contributed by atoms with Gasteiger partial charge in [0.05, 0.1) is 0 Å². The van der Waals surface area contributed by atoms with Crippen molar-refractivity contribution in [2.24, 2.45) is 5.73 Å². The SMILES string of the molecule is CCC(N)CN(C)CCSC. The highest BCUT2D eigenvalue weighted by atomic mass is 32.2. The number of hydrogen-bond donors (Lipinski definition) is 1. The first kappa shape index (κ1) is 11.3. The Balaban J connectivity index is 3.27. The first-order valence-electron chi connectivity index (χ1n) is 4.13. The molecule has 0 aromatic rings. The summed E-state index contributed by atoms with van der Waals surface area (Å²) in [7, 11) is 2.13. The molecule has 0 fully saturated rings. The van der Waals surface area contributed by atoms with Crippen molar-refractivity contribution in [1.82, 2.24) is 4.90 Å². The minimum absolute atomic E-state index is 0.349. The Morgan fingerprint density at radius 2 is 2.18 bits per heavy atom. The van der Waals surface area contributed by atoms with Gasteiger partial charge in [-0.3, -0.25) is 0 Å². The predicted molar refractivity (Wildman–Crippen MR) is 54.1 cm³/mol. The summed E-state index contributed by atoms with van der Waals surface area (Å²) in [5, 5.41) is 0. The summed E-state index contributed by atoms with van der Waals surface area (Å²) in [6, 6.07) is 0.349. The standard InChI is InChI=1S/C8H20N2S/c1-4-8(9)7-10(2)5-6-11-3/h8H,4-7,9H2,1-3H3. The molecule has 0 spiro atoms. The molecule has 0 saturated carbocycles. The molecule has 0 bridgehead atoms. The summed E-state index contributed by atoms with van der Waals surface area (Å²) >= 11 is 1.88. The van der Waals surface area contributed by atoms with Gasteiger partial charge in [0.25, 0.3) is 0 Å². The van der Waals surface area contributed by atoms with Crippen molar-refractivity contribution in [3.63, 3.8) is 0 Å². The summed E-state index contributed by atoms with van der Waals surface area (Å²) in [6.45, 7) is 4.30. The number of likely N-dealkylation sites (N-methyl/N-ethyl adjacent to an activating group) is 1. The molecule has 0 radical (unpaired) electrons. The van der Waals surface area contributed by atoms with Gasteiger partial charge in [0.15, 0.2) is 0 Å². The third-order valence-corrected chi connectivity index (χ3v) is 2.34. The van der Waals surface area contributed by atoms with Crippen molar-refractivity contribution >= 4 is 11.8 Å². The summed E-state index contributed by atoms with van der Waals surface area (Å²) in [4.78, 5) is 2.30. The van der Waals surface area contributed by atoms with Gasteiger partial charge < -0.3 is 10.6 Å². The smallest absolute Gasteiger partial charge is 0.0165 e. The van der Waals surface area contributed by atoms with Crippen molar-refractivity contribution in [1.29, 1.82) is 0 Å². The van der Waals surface area contributed by atoms with Crippen molar-refractivity contribution in [3.8, 4) is 0 Å². The minimum Gasteiger partial charge on any atom is -0.327 e. The van der Waals surface area contributed by atoms with Gasteiger partial charge in [-0.15, -0.1) is 0 Å². The van der Waals surface area contributed by atoms with E-state index in [1.54, 1.807) is 0 Å². The lowest BCUT2D eigenvalue weighted by molar-refractivity contribution is 0.325. The van der Waals surface area contributed by atoms with Crippen LogP contribution in [0, 0.1) is 0 Å². The van der Waals surface area contributed by atoms with Crippen LogP contribution in [0.1, 0.15) is 13.3 Å². The van der Waals surface area contributed by atoms with E-state index in [-0.39, 0.29) is 0 Å². The number of hydrogen-bond acceptors (Lipinski definition) is 3. The molecule has 0 rings (SSSR count). The van der Waals surface area contributed by atoms with Crippen molar-refractivity contribution in [2.75, 3.05) is 32.1 Å². The van der Waals surface area contributed by atoms with Gasteiger partial charge in [-0.1, -0.05) is 6.92 Å². The zero-order chi connectivity index (χ0) is 8.69. The first-order chi connectivity index (χ1) is 5.20. The van der Waals surface area contributed by atoms with E-state index in [0.29, 0.717) is 6.04 Å². The molecule has 0 heterocycles. The molecule has 11 heavy (non-hydrogen) atoms. The molecule has 1 unspecified atom stereocenters. The zero-order valence-electron chi connectivity index (χ0n) is 7.84. The van der Waals surface area contributed by atoms with Crippen LogP contribution in [0.4, 0.5) is 0 Å². The Labute approximate surface area is 74.5 Å². The van der Waals surface area contributed by atoms with E-state index in [4.69, 9.17) is 5.73 Å². The molecule has 68 valence electrons. The molecule has 0 amide bonds. The van der Waals surface area contributed by atoms with Gasteiger partial charge in [-0.2, -0.15) is 11.8 Å². The maximum atomic E-state index is 5.80. The third kappa shape index (κ3) is 6.66. The normalized spacial score (nSPS) is 13.9. The van der Waals surface area contributed by atoms with E-state index >= 15 is 0 Å². The summed E-state index contributed by atoms with van der Waals surface area (Å²) < 4.78 is 0. The minimum atomic E-state index is 0.349. The Morgan fingerprint density at radius 1 is 1.55 bits per heavy atom. The molecule has 2 nitrogen and oxygen atoms in total. The largest absolute Gasteiger partial charge is 0.327 e. The second-order valence-corrected chi connectivity index (χ2v) is 3.91. The van der Waals surface area contributed by atoms with Gasteiger partial charge in [0, 0.05) is 24.9 Å². The Bertz CT molecular complexity index is 88.2. The maximum Gasteiger partial charge on any atom is 0.0165 e. The fourth-order valence-electron chi connectivity index (χ4n) is 0.868. The van der Waals surface area contributed by atoms with Crippen LogP contribution in [0.3, 0.4) is 0 Å². The fraction of sp³-hybridized carbons (Fsp3) is 1.00. The second kappa shape index (κ2) is 6.95. The molecule has 0 saturated heterocycles. The van der Waals surface area contributed by atoms with Crippen LogP contribution >= 0.6 is 11.8 Å². The van der Waals surface area contributed by atoms with Gasteiger partial charge in [0.2, 0.25) is 0 Å². The number of thioether (sulfide) groups is 1. The highest BCUT2D eigenvalue weighted by molar-refractivity contribution is 7.98. The molecule has 0 aromatic heterocycles. The number of nitrogens with zero attached hydrogens (tertiary/aromatic N) is 1. The van der Waals surface area contributed by atoms with Crippen LogP contribution in [-0.2, 0) is 0 Å². The predicted octanol–water partition coefficient (Wildman–Crippen LogP) is 1.02. The molecule has 2 N–H and O–H groups in total. The molecule has 1 atom stereocenters. The van der Waals surface area contributed by atoms with Gasteiger partial charge in [0.1, 0.15) is 0 Å². The van der Waals surface area contributed by atoms with E-state index in [1.165, 1.54) is 5.75 Å². The second-order valence-electron chi connectivity index (χ2n) is 2.92. The lowest BCUT2D eigenvalue weighted by Gasteiger charge is -2.19. The molecule has 0 aliphatic heterocycles. The Hall–Kier alpha value is 0.270. The van der Waals surface area contributed by atoms with Gasteiger partial charge in [-0.25, -0.2) is 0 Å². The highest BCUT2D eigenvalue weighted by Crippen LogP contribution is 1.95. The highest BCUT2D eigenvalue weighted by Gasteiger charge is 2.02.